The quantitative estimate of drug-likeness (QED) is 0.840. The molecule has 1 heterocycles. The molecule has 19 heavy (non-hydrogen) atoms. The van der Waals surface area contributed by atoms with Crippen LogP contribution in [-0.4, -0.2) is 23.0 Å². The number of nitrogens with two attached hydrogens (primary N) is 1. The molecule has 98 valence electrons. The van der Waals surface area contributed by atoms with Crippen LogP contribution >= 0.6 is 0 Å². The molecule has 0 saturated carbocycles. The lowest BCUT2D eigenvalue weighted by Crippen LogP contribution is -2.11. The van der Waals surface area contributed by atoms with Gasteiger partial charge in [-0.2, -0.15) is 4.98 Å². The van der Waals surface area contributed by atoms with E-state index in [4.69, 9.17) is 10.5 Å². The van der Waals surface area contributed by atoms with Crippen molar-refractivity contribution in [3.05, 3.63) is 47.8 Å². The number of hydrogen-bond acceptors (Lipinski definition) is 5. The third-order valence-corrected chi connectivity index (χ3v) is 2.53. The molecule has 0 fully saturated rings. The topological polar surface area (TPSA) is 90.1 Å². The zero-order chi connectivity index (χ0) is 13.7. The fourth-order valence-corrected chi connectivity index (χ4v) is 1.51. The lowest BCUT2D eigenvalue weighted by Gasteiger charge is -2.06. The Morgan fingerprint density at radius 1 is 1.32 bits per heavy atom. The number of anilines is 1. The van der Waals surface area contributed by atoms with E-state index in [2.05, 4.69) is 15.3 Å². The molecule has 0 aliphatic rings. The monoisotopic (exact) mass is 258 g/mol. The molecular formula is C13H14N4O2. The summed E-state index contributed by atoms with van der Waals surface area (Å²) in [4.78, 5) is 19.1. The highest BCUT2D eigenvalue weighted by Gasteiger charge is 2.01. The second-order valence-electron chi connectivity index (χ2n) is 3.86. The van der Waals surface area contributed by atoms with Crippen molar-refractivity contribution >= 4 is 11.7 Å². The molecule has 0 radical (unpaired) electrons. The van der Waals surface area contributed by atoms with E-state index < -0.39 is 5.91 Å². The molecule has 6 heteroatoms. The van der Waals surface area contributed by atoms with Crippen LogP contribution in [-0.2, 0) is 6.54 Å². The summed E-state index contributed by atoms with van der Waals surface area (Å²) in [5.41, 5.74) is 6.67. The Hall–Kier alpha value is -2.63. The van der Waals surface area contributed by atoms with Crippen LogP contribution in [0.5, 0.6) is 5.88 Å². The van der Waals surface area contributed by atoms with Crippen LogP contribution in [0.15, 0.2) is 36.7 Å². The molecular weight excluding hydrogens is 244 g/mol. The fraction of sp³-hybridized carbons (Fsp3) is 0.154. The maximum atomic E-state index is 10.9. The second kappa shape index (κ2) is 5.81. The number of ether oxygens (including phenoxy) is 1. The molecule has 0 aliphatic heterocycles. The Morgan fingerprint density at radius 2 is 2.05 bits per heavy atom. The first-order valence-corrected chi connectivity index (χ1v) is 5.67. The van der Waals surface area contributed by atoms with Gasteiger partial charge in [0.25, 0.3) is 0 Å². The van der Waals surface area contributed by atoms with E-state index in [9.17, 15) is 4.79 Å². The summed E-state index contributed by atoms with van der Waals surface area (Å²) < 4.78 is 4.98. The van der Waals surface area contributed by atoms with E-state index in [1.54, 1.807) is 18.3 Å². The van der Waals surface area contributed by atoms with Crippen LogP contribution < -0.4 is 15.8 Å². The van der Waals surface area contributed by atoms with Crippen molar-refractivity contribution in [3.8, 4) is 5.88 Å². The standard InChI is InChI=1S/C13H14N4O2/c1-19-12-8-15-7-11(17-12)16-6-9-2-4-10(5-3-9)13(14)18/h2-5,7-8H,6H2,1H3,(H2,14,18)(H,16,17). The van der Waals surface area contributed by atoms with E-state index in [1.807, 2.05) is 12.1 Å². The van der Waals surface area contributed by atoms with Gasteiger partial charge >= 0.3 is 0 Å². The van der Waals surface area contributed by atoms with Gasteiger partial charge < -0.3 is 15.8 Å². The van der Waals surface area contributed by atoms with Gasteiger partial charge in [-0.3, -0.25) is 9.78 Å². The van der Waals surface area contributed by atoms with Crippen LogP contribution in [0.4, 0.5) is 5.82 Å². The number of carbonyl (C=O) groups is 1. The second-order valence-corrected chi connectivity index (χ2v) is 3.86. The van der Waals surface area contributed by atoms with Crippen molar-refractivity contribution in [1.82, 2.24) is 9.97 Å². The molecule has 6 nitrogen and oxygen atoms in total. The van der Waals surface area contributed by atoms with E-state index in [1.165, 1.54) is 13.3 Å². The number of aromatic nitrogens is 2. The first-order valence-electron chi connectivity index (χ1n) is 5.67. The van der Waals surface area contributed by atoms with Crippen molar-refractivity contribution in [2.24, 2.45) is 5.73 Å². The summed E-state index contributed by atoms with van der Waals surface area (Å²) in [6, 6.07) is 7.05. The number of hydrogen-bond donors (Lipinski definition) is 2. The van der Waals surface area contributed by atoms with Crippen LogP contribution in [0.25, 0.3) is 0 Å². The fourth-order valence-electron chi connectivity index (χ4n) is 1.51. The number of carbonyl (C=O) groups excluding carboxylic acids is 1. The van der Waals surface area contributed by atoms with Crippen molar-refractivity contribution < 1.29 is 9.53 Å². The van der Waals surface area contributed by atoms with Crippen molar-refractivity contribution in [2.75, 3.05) is 12.4 Å². The average molecular weight is 258 g/mol. The summed E-state index contributed by atoms with van der Waals surface area (Å²) in [5, 5.41) is 3.11. The molecule has 3 N–H and O–H groups in total. The van der Waals surface area contributed by atoms with Crippen molar-refractivity contribution in [3.63, 3.8) is 0 Å². The number of nitrogens with zero attached hydrogens (tertiary/aromatic N) is 2. The predicted octanol–water partition coefficient (Wildman–Crippen LogP) is 1.20. The zero-order valence-corrected chi connectivity index (χ0v) is 10.5. The van der Waals surface area contributed by atoms with E-state index in [0.717, 1.165) is 5.56 Å². The van der Waals surface area contributed by atoms with Crippen molar-refractivity contribution in [2.45, 2.75) is 6.54 Å². The number of primary amides is 1. The highest BCUT2D eigenvalue weighted by Crippen LogP contribution is 2.10. The molecule has 1 aromatic heterocycles. The number of amides is 1. The minimum atomic E-state index is -0.432. The lowest BCUT2D eigenvalue weighted by atomic mass is 10.1. The normalized spacial score (nSPS) is 9.95. The summed E-state index contributed by atoms with van der Waals surface area (Å²) in [7, 11) is 1.54. The number of benzene rings is 1. The molecule has 0 saturated heterocycles. The van der Waals surface area contributed by atoms with Gasteiger partial charge in [-0.25, -0.2) is 0 Å². The van der Waals surface area contributed by atoms with E-state index >= 15 is 0 Å². The smallest absolute Gasteiger partial charge is 0.248 e. The Labute approximate surface area is 110 Å². The Kier molecular flexibility index (Phi) is 3.92. The maximum absolute atomic E-state index is 10.9. The zero-order valence-electron chi connectivity index (χ0n) is 10.5. The average Bonchev–Trinajstić information content (AvgIpc) is 2.46. The SMILES string of the molecule is COc1cncc(NCc2ccc(C(N)=O)cc2)n1. The summed E-state index contributed by atoms with van der Waals surface area (Å²) in [6.45, 7) is 0.570. The first kappa shape index (κ1) is 12.8. The highest BCUT2D eigenvalue weighted by molar-refractivity contribution is 5.92. The minimum Gasteiger partial charge on any atom is -0.480 e. The highest BCUT2D eigenvalue weighted by atomic mass is 16.5. The Balaban J connectivity index is 1.99. The summed E-state index contributed by atoms with van der Waals surface area (Å²) >= 11 is 0. The minimum absolute atomic E-state index is 0.432. The molecule has 2 aromatic rings. The van der Waals surface area contributed by atoms with Gasteiger partial charge in [-0.1, -0.05) is 12.1 Å². The van der Waals surface area contributed by atoms with Crippen LogP contribution in [0.3, 0.4) is 0 Å². The molecule has 0 atom stereocenters. The summed E-state index contributed by atoms with van der Waals surface area (Å²) in [5.74, 6) is 0.644. The van der Waals surface area contributed by atoms with Gasteiger partial charge in [0, 0.05) is 12.1 Å². The Bertz CT molecular complexity index is 569. The van der Waals surface area contributed by atoms with Gasteiger partial charge in [-0.15, -0.1) is 0 Å². The lowest BCUT2D eigenvalue weighted by molar-refractivity contribution is 0.100. The first-order chi connectivity index (χ1) is 9.19. The van der Waals surface area contributed by atoms with Gasteiger partial charge in [0.2, 0.25) is 11.8 Å². The van der Waals surface area contributed by atoms with Crippen LogP contribution in [0, 0.1) is 0 Å². The van der Waals surface area contributed by atoms with E-state index in [-0.39, 0.29) is 0 Å². The largest absolute Gasteiger partial charge is 0.480 e. The van der Waals surface area contributed by atoms with Gasteiger partial charge in [0.15, 0.2) is 0 Å². The third-order valence-electron chi connectivity index (χ3n) is 2.53. The molecule has 1 aromatic carbocycles. The van der Waals surface area contributed by atoms with Crippen molar-refractivity contribution in [1.29, 1.82) is 0 Å². The predicted molar refractivity (Wildman–Crippen MR) is 70.9 cm³/mol. The third kappa shape index (κ3) is 3.41. The van der Waals surface area contributed by atoms with E-state index in [0.29, 0.717) is 23.8 Å². The van der Waals surface area contributed by atoms with Crippen LogP contribution in [0.2, 0.25) is 0 Å². The Morgan fingerprint density at radius 3 is 2.68 bits per heavy atom. The van der Waals surface area contributed by atoms with Gasteiger partial charge in [0.1, 0.15) is 5.82 Å². The van der Waals surface area contributed by atoms with Gasteiger partial charge in [-0.05, 0) is 17.7 Å². The molecule has 1 amide bonds. The molecule has 0 aliphatic carbocycles. The number of nitrogens with one attached hydrogen (secondary N) is 1. The molecule has 0 bridgehead atoms. The maximum Gasteiger partial charge on any atom is 0.248 e. The summed E-state index contributed by atoms with van der Waals surface area (Å²) in [6.07, 6.45) is 3.15. The van der Waals surface area contributed by atoms with Crippen LogP contribution in [0.1, 0.15) is 15.9 Å². The molecule has 0 spiro atoms. The number of rotatable bonds is 5. The number of methoxy groups -OCH3 is 1. The van der Waals surface area contributed by atoms with Gasteiger partial charge in [0.05, 0.1) is 19.5 Å². The molecule has 2 rings (SSSR count). The molecule has 0 unspecified atom stereocenters.